The minimum absolute atomic E-state index is 0.276. The zero-order chi connectivity index (χ0) is 14.9. The molecule has 0 aliphatic heterocycles. The van der Waals surface area contributed by atoms with Gasteiger partial charge >= 0.3 is 5.97 Å². The number of carboxylic acid groups (broad SMARTS) is 1. The van der Waals surface area contributed by atoms with E-state index in [0.29, 0.717) is 5.03 Å². The highest BCUT2D eigenvalue weighted by Gasteiger charge is 2.25. The van der Waals surface area contributed by atoms with Crippen LogP contribution in [0.5, 0.6) is 0 Å². The van der Waals surface area contributed by atoms with Gasteiger partial charge in [0.2, 0.25) is 0 Å². The number of carbonyl (C=O) groups is 1. The summed E-state index contributed by atoms with van der Waals surface area (Å²) in [5, 5.41) is 25.0. The highest BCUT2D eigenvalue weighted by Crippen LogP contribution is 2.36. The van der Waals surface area contributed by atoms with Crippen molar-refractivity contribution in [3.05, 3.63) is 45.6 Å². The summed E-state index contributed by atoms with van der Waals surface area (Å²) in [4.78, 5) is 21.8. The predicted octanol–water partition coefficient (Wildman–Crippen LogP) is 2.49. The van der Waals surface area contributed by atoms with Gasteiger partial charge in [-0.2, -0.15) is 5.10 Å². The highest BCUT2D eigenvalue weighted by atomic mass is 32.2. The second-order valence-corrected chi connectivity index (χ2v) is 5.13. The summed E-state index contributed by atoms with van der Waals surface area (Å²) in [6.07, 6.45) is 0. The van der Waals surface area contributed by atoms with Gasteiger partial charge in [-0.25, -0.2) is 4.79 Å². The van der Waals surface area contributed by atoms with Crippen LogP contribution in [0, 0.1) is 17.0 Å². The summed E-state index contributed by atoms with van der Waals surface area (Å²) in [7, 11) is 1.72. The molecular weight excluding hydrogens is 282 g/mol. The normalized spacial score (nSPS) is 10.5. The van der Waals surface area contributed by atoms with Crippen molar-refractivity contribution >= 4 is 23.4 Å². The lowest BCUT2D eigenvalue weighted by Crippen LogP contribution is -2.04. The second-order valence-electron chi connectivity index (χ2n) is 4.06. The molecule has 0 amide bonds. The molecule has 0 saturated heterocycles. The SMILES string of the molecule is Cc1cc(Sc2cccc(C(=O)O)c2[N+](=O)[O-])n(C)n1. The van der Waals surface area contributed by atoms with Crippen molar-refractivity contribution in [3.63, 3.8) is 0 Å². The average Bonchev–Trinajstić information content (AvgIpc) is 2.67. The lowest BCUT2D eigenvalue weighted by molar-refractivity contribution is -0.388. The Hall–Kier alpha value is -2.35. The molecule has 1 N–H and O–H groups in total. The van der Waals surface area contributed by atoms with Crippen molar-refractivity contribution in [3.8, 4) is 0 Å². The average molecular weight is 293 g/mol. The molecule has 0 spiro atoms. The summed E-state index contributed by atoms with van der Waals surface area (Å²) in [6, 6.07) is 6.01. The molecular formula is C12H11N3O4S. The number of para-hydroxylation sites is 1. The molecule has 0 radical (unpaired) electrons. The van der Waals surface area contributed by atoms with E-state index in [-0.39, 0.29) is 10.5 Å². The van der Waals surface area contributed by atoms with Gasteiger partial charge in [0.1, 0.15) is 5.56 Å². The van der Waals surface area contributed by atoms with Crippen LogP contribution in [0.3, 0.4) is 0 Å². The van der Waals surface area contributed by atoms with Crippen molar-refractivity contribution in [2.45, 2.75) is 16.8 Å². The first kappa shape index (κ1) is 14.1. The fourth-order valence-electron chi connectivity index (χ4n) is 1.76. The summed E-state index contributed by atoms with van der Waals surface area (Å²) in [5.41, 5.74) is 0.0646. The minimum Gasteiger partial charge on any atom is -0.477 e. The van der Waals surface area contributed by atoms with Crippen LogP contribution in [0.15, 0.2) is 34.2 Å². The number of hydrogen-bond acceptors (Lipinski definition) is 5. The molecule has 0 fully saturated rings. The zero-order valence-corrected chi connectivity index (χ0v) is 11.5. The number of nitro benzene ring substituents is 1. The molecule has 2 aromatic rings. The highest BCUT2D eigenvalue weighted by molar-refractivity contribution is 7.99. The maximum atomic E-state index is 11.1. The van der Waals surface area contributed by atoms with Crippen molar-refractivity contribution in [1.29, 1.82) is 0 Å². The summed E-state index contributed by atoms with van der Waals surface area (Å²) < 4.78 is 1.59. The lowest BCUT2D eigenvalue weighted by atomic mass is 10.2. The van der Waals surface area contributed by atoms with Gasteiger partial charge in [-0.1, -0.05) is 17.8 Å². The molecule has 8 heteroatoms. The molecule has 20 heavy (non-hydrogen) atoms. The monoisotopic (exact) mass is 293 g/mol. The van der Waals surface area contributed by atoms with Gasteiger partial charge in [0.05, 0.1) is 20.5 Å². The van der Waals surface area contributed by atoms with E-state index in [1.807, 2.05) is 6.92 Å². The van der Waals surface area contributed by atoms with Crippen LogP contribution in [-0.4, -0.2) is 25.8 Å². The minimum atomic E-state index is -1.32. The van der Waals surface area contributed by atoms with Crippen LogP contribution >= 0.6 is 11.8 Å². The maximum absolute atomic E-state index is 11.1. The maximum Gasteiger partial charge on any atom is 0.342 e. The first-order valence-electron chi connectivity index (χ1n) is 5.59. The standard InChI is InChI=1S/C12H11N3O4S/c1-7-6-10(14(2)13-7)20-9-5-3-4-8(12(16)17)11(9)15(18)19/h3-6H,1-2H3,(H,16,17). The number of aryl methyl sites for hydroxylation is 2. The largest absolute Gasteiger partial charge is 0.477 e. The van der Waals surface area contributed by atoms with E-state index in [1.165, 1.54) is 18.2 Å². The molecule has 104 valence electrons. The number of aromatic carboxylic acids is 1. The van der Waals surface area contributed by atoms with E-state index >= 15 is 0 Å². The van der Waals surface area contributed by atoms with Gasteiger partial charge < -0.3 is 5.11 Å². The van der Waals surface area contributed by atoms with E-state index in [0.717, 1.165) is 17.5 Å². The van der Waals surface area contributed by atoms with E-state index in [4.69, 9.17) is 5.11 Å². The number of carboxylic acids is 1. The molecule has 1 aromatic heterocycles. The van der Waals surface area contributed by atoms with Gasteiger partial charge in [-0.05, 0) is 25.1 Å². The van der Waals surface area contributed by atoms with Crippen molar-refractivity contribution in [2.24, 2.45) is 7.05 Å². The van der Waals surface area contributed by atoms with Gasteiger partial charge in [0.25, 0.3) is 5.69 Å². The summed E-state index contributed by atoms with van der Waals surface area (Å²) in [6.45, 7) is 1.81. The first-order valence-corrected chi connectivity index (χ1v) is 6.41. The molecule has 0 atom stereocenters. The zero-order valence-electron chi connectivity index (χ0n) is 10.7. The molecule has 1 heterocycles. The predicted molar refractivity (Wildman–Crippen MR) is 72.1 cm³/mol. The number of nitrogens with zero attached hydrogens (tertiary/aromatic N) is 3. The Balaban J connectivity index is 2.51. The number of hydrogen-bond donors (Lipinski definition) is 1. The Morgan fingerprint density at radius 2 is 2.20 bits per heavy atom. The van der Waals surface area contributed by atoms with E-state index < -0.39 is 16.6 Å². The number of aromatic nitrogens is 2. The summed E-state index contributed by atoms with van der Waals surface area (Å²) >= 11 is 1.12. The Morgan fingerprint density at radius 3 is 2.70 bits per heavy atom. The summed E-state index contributed by atoms with van der Waals surface area (Å²) in [5.74, 6) is -1.32. The fraction of sp³-hybridized carbons (Fsp3) is 0.167. The van der Waals surface area contributed by atoms with E-state index in [1.54, 1.807) is 17.8 Å². The van der Waals surface area contributed by atoms with E-state index in [2.05, 4.69) is 5.10 Å². The van der Waals surface area contributed by atoms with Crippen molar-refractivity contribution in [1.82, 2.24) is 9.78 Å². The lowest BCUT2D eigenvalue weighted by Gasteiger charge is -2.05. The third-order valence-electron chi connectivity index (χ3n) is 2.59. The van der Waals surface area contributed by atoms with Crippen LogP contribution in [0.25, 0.3) is 0 Å². The number of rotatable bonds is 4. The van der Waals surface area contributed by atoms with Crippen LogP contribution in [0.4, 0.5) is 5.69 Å². The molecule has 0 unspecified atom stereocenters. The quantitative estimate of drug-likeness (QED) is 0.687. The fourth-order valence-corrected chi connectivity index (χ4v) is 2.82. The smallest absolute Gasteiger partial charge is 0.342 e. The molecule has 7 nitrogen and oxygen atoms in total. The van der Waals surface area contributed by atoms with Crippen LogP contribution in [0.1, 0.15) is 16.1 Å². The third kappa shape index (κ3) is 2.64. The van der Waals surface area contributed by atoms with E-state index in [9.17, 15) is 14.9 Å². The molecule has 0 bridgehead atoms. The molecule has 0 saturated carbocycles. The topological polar surface area (TPSA) is 98.3 Å². The second kappa shape index (κ2) is 5.33. The Labute approximate surface area is 118 Å². The Bertz CT molecular complexity index is 696. The van der Waals surface area contributed by atoms with Crippen LogP contribution in [0.2, 0.25) is 0 Å². The molecule has 1 aromatic carbocycles. The molecule has 2 rings (SSSR count). The van der Waals surface area contributed by atoms with Gasteiger partial charge in [0, 0.05) is 7.05 Å². The first-order chi connectivity index (χ1) is 9.40. The van der Waals surface area contributed by atoms with Crippen molar-refractivity contribution < 1.29 is 14.8 Å². The van der Waals surface area contributed by atoms with Crippen molar-refractivity contribution in [2.75, 3.05) is 0 Å². The van der Waals surface area contributed by atoms with Gasteiger partial charge in [-0.15, -0.1) is 0 Å². The van der Waals surface area contributed by atoms with Gasteiger partial charge in [0.15, 0.2) is 0 Å². The molecule has 0 aliphatic rings. The Kier molecular flexibility index (Phi) is 3.75. The third-order valence-corrected chi connectivity index (χ3v) is 3.73. The number of benzene rings is 1. The van der Waals surface area contributed by atoms with Crippen LogP contribution < -0.4 is 0 Å². The number of nitro groups is 1. The van der Waals surface area contributed by atoms with Crippen LogP contribution in [-0.2, 0) is 7.05 Å². The van der Waals surface area contributed by atoms with Gasteiger partial charge in [-0.3, -0.25) is 14.8 Å². The molecule has 0 aliphatic carbocycles. The Morgan fingerprint density at radius 1 is 1.50 bits per heavy atom.